The molecule has 0 bridgehead atoms. The Morgan fingerprint density at radius 2 is 1.73 bits per heavy atom. The summed E-state index contributed by atoms with van der Waals surface area (Å²) in [5, 5.41) is 2.25. The van der Waals surface area contributed by atoms with Crippen molar-refractivity contribution >= 4 is 37.5 Å². The molecular formula is C17H17BrF2N2O3S. The molecule has 26 heavy (non-hydrogen) atoms. The minimum absolute atomic E-state index is 0.156. The van der Waals surface area contributed by atoms with E-state index in [0.717, 1.165) is 28.6 Å². The topological polar surface area (TPSA) is 66.5 Å². The molecule has 2 aromatic carbocycles. The Bertz CT molecular complexity index is 949. The van der Waals surface area contributed by atoms with Crippen molar-refractivity contribution in [2.75, 3.05) is 12.4 Å². The second-order valence-corrected chi connectivity index (χ2v) is 8.75. The molecule has 0 aliphatic carbocycles. The first kappa shape index (κ1) is 20.5. The number of carbonyl (C=O) groups excluding carboxylic acids is 1. The van der Waals surface area contributed by atoms with Gasteiger partial charge in [0, 0.05) is 17.6 Å². The Kier molecular flexibility index (Phi) is 6.15. The van der Waals surface area contributed by atoms with Gasteiger partial charge >= 0.3 is 0 Å². The van der Waals surface area contributed by atoms with E-state index in [0.29, 0.717) is 4.47 Å². The molecule has 9 heteroatoms. The number of hydrogen-bond donors (Lipinski definition) is 1. The Balaban J connectivity index is 2.41. The Morgan fingerprint density at radius 1 is 1.12 bits per heavy atom. The van der Waals surface area contributed by atoms with E-state index >= 15 is 0 Å². The zero-order valence-corrected chi connectivity index (χ0v) is 16.7. The first-order valence-corrected chi connectivity index (χ1v) is 9.81. The minimum Gasteiger partial charge on any atom is -0.319 e. The summed E-state index contributed by atoms with van der Waals surface area (Å²) in [5.74, 6) is -2.57. The maximum absolute atomic E-state index is 14.1. The molecule has 5 nitrogen and oxygen atoms in total. The summed E-state index contributed by atoms with van der Waals surface area (Å²) in [4.78, 5) is 12.1. The summed E-state index contributed by atoms with van der Waals surface area (Å²) >= 11 is 3.15. The zero-order valence-electron chi connectivity index (χ0n) is 14.3. The summed E-state index contributed by atoms with van der Waals surface area (Å²) in [7, 11) is -2.50. The van der Waals surface area contributed by atoms with Crippen molar-refractivity contribution in [2.45, 2.75) is 24.8 Å². The molecule has 0 atom stereocenters. The average molecular weight is 447 g/mol. The molecule has 0 fully saturated rings. The van der Waals surface area contributed by atoms with Gasteiger partial charge in [0.1, 0.15) is 11.6 Å². The highest BCUT2D eigenvalue weighted by Crippen LogP contribution is 2.23. The van der Waals surface area contributed by atoms with Crippen molar-refractivity contribution in [3.63, 3.8) is 0 Å². The summed E-state index contributed by atoms with van der Waals surface area (Å²) in [6, 6.07) is 6.49. The average Bonchev–Trinajstić information content (AvgIpc) is 2.57. The van der Waals surface area contributed by atoms with Crippen molar-refractivity contribution in [1.29, 1.82) is 0 Å². The van der Waals surface area contributed by atoms with Crippen LogP contribution in [0.15, 0.2) is 45.8 Å². The smallest absolute Gasteiger partial charge is 0.258 e. The lowest BCUT2D eigenvalue weighted by Gasteiger charge is -2.21. The largest absolute Gasteiger partial charge is 0.319 e. The first-order valence-electron chi connectivity index (χ1n) is 7.58. The third-order valence-corrected chi connectivity index (χ3v) is 6.29. The molecule has 1 N–H and O–H groups in total. The number of halogens is 3. The van der Waals surface area contributed by atoms with Crippen LogP contribution in [0.3, 0.4) is 0 Å². The molecule has 0 aliphatic heterocycles. The van der Waals surface area contributed by atoms with Crippen LogP contribution in [0.4, 0.5) is 14.5 Å². The lowest BCUT2D eigenvalue weighted by molar-refractivity contribution is 0.102. The van der Waals surface area contributed by atoms with Gasteiger partial charge in [-0.25, -0.2) is 17.2 Å². The van der Waals surface area contributed by atoms with Gasteiger partial charge < -0.3 is 5.32 Å². The molecule has 0 saturated heterocycles. The molecule has 2 aromatic rings. The molecule has 0 spiro atoms. The van der Waals surface area contributed by atoms with Crippen LogP contribution in [0.1, 0.15) is 24.2 Å². The number of hydrogen-bond acceptors (Lipinski definition) is 3. The number of benzene rings is 2. The number of carbonyl (C=O) groups is 1. The molecule has 0 radical (unpaired) electrons. The first-order chi connectivity index (χ1) is 12.0. The third kappa shape index (κ3) is 4.28. The van der Waals surface area contributed by atoms with E-state index in [1.807, 2.05) is 0 Å². The number of amides is 1. The van der Waals surface area contributed by atoms with E-state index in [1.54, 1.807) is 13.8 Å². The molecule has 0 unspecified atom stereocenters. The summed E-state index contributed by atoms with van der Waals surface area (Å²) in [5.41, 5.74) is -0.654. The van der Waals surface area contributed by atoms with Crippen LogP contribution < -0.4 is 5.32 Å². The SMILES string of the molecule is CC(C)N(C)S(=O)(=O)c1ccc(F)c(C(=O)Nc2cc(Br)ccc2F)c1. The lowest BCUT2D eigenvalue weighted by atomic mass is 10.2. The van der Waals surface area contributed by atoms with Crippen molar-refractivity contribution in [1.82, 2.24) is 4.31 Å². The van der Waals surface area contributed by atoms with Crippen molar-refractivity contribution < 1.29 is 22.0 Å². The molecule has 1 amide bonds. The molecule has 2 rings (SSSR count). The second kappa shape index (κ2) is 7.81. The van der Waals surface area contributed by atoms with Crippen LogP contribution in [-0.2, 0) is 10.0 Å². The molecule has 0 aliphatic rings. The van der Waals surface area contributed by atoms with Gasteiger partial charge in [0.25, 0.3) is 5.91 Å². The number of nitrogens with one attached hydrogen (secondary N) is 1. The van der Waals surface area contributed by atoms with E-state index in [2.05, 4.69) is 21.2 Å². The van der Waals surface area contributed by atoms with Gasteiger partial charge in [-0.2, -0.15) is 4.31 Å². The van der Waals surface area contributed by atoms with Crippen molar-refractivity contribution in [3.8, 4) is 0 Å². The zero-order chi connectivity index (χ0) is 19.6. The van der Waals surface area contributed by atoms with E-state index in [-0.39, 0.29) is 16.6 Å². The van der Waals surface area contributed by atoms with Crippen LogP contribution in [0, 0.1) is 11.6 Å². The van der Waals surface area contributed by atoms with Crippen LogP contribution in [0.25, 0.3) is 0 Å². The second-order valence-electron chi connectivity index (χ2n) is 5.83. The molecule has 0 saturated carbocycles. The van der Waals surface area contributed by atoms with Crippen LogP contribution in [-0.4, -0.2) is 31.7 Å². The monoisotopic (exact) mass is 446 g/mol. The Labute approximate surface area is 159 Å². The normalized spacial score (nSPS) is 11.8. The maximum atomic E-state index is 14.1. The molecule has 0 aromatic heterocycles. The lowest BCUT2D eigenvalue weighted by Crippen LogP contribution is -2.33. The van der Waals surface area contributed by atoms with E-state index < -0.39 is 33.1 Å². The van der Waals surface area contributed by atoms with Crippen molar-refractivity contribution in [3.05, 3.63) is 58.1 Å². The maximum Gasteiger partial charge on any atom is 0.258 e. The quantitative estimate of drug-likeness (QED) is 0.754. The fourth-order valence-electron chi connectivity index (χ4n) is 2.07. The highest BCUT2D eigenvalue weighted by Gasteiger charge is 2.25. The minimum atomic E-state index is -3.89. The van der Waals surface area contributed by atoms with Gasteiger partial charge in [0.2, 0.25) is 10.0 Å². The van der Waals surface area contributed by atoms with Gasteiger partial charge in [0.15, 0.2) is 0 Å². The molecule has 0 heterocycles. The van der Waals surface area contributed by atoms with Gasteiger partial charge in [-0.1, -0.05) is 15.9 Å². The highest BCUT2D eigenvalue weighted by molar-refractivity contribution is 9.10. The molecule has 140 valence electrons. The number of nitrogens with zero attached hydrogens (tertiary/aromatic N) is 1. The Morgan fingerprint density at radius 3 is 2.35 bits per heavy atom. The van der Waals surface area contributed by atoms with Crippen molar-refractivity contribution in [2.24, 2.45) is 0 Å². The van der Waals surface area contributed by atoms with Crippen LogP contribution >= 0.6 is 15.9 Å². The van der Waals surface area contributed by atoms with Gasteiger partial charge in [-0.15, -0.1) is 0 Å². The number of sulfonamides is 1. The van der Waals surface area contributed by atoms with Gasteiger partial charge in [0.05, 0.1) is 16.1 Å². The predicted molar refractivity (Wildman–Crippen MR) is 98.5 cm³/mol. The van der Waals surface area contributed by atoms with Gasteiger partial charge in [-0.05, 0) is 50.2 Å². The summed E-state index contributed by atoms with van der Waals surface area (Å²) in [6.45, 7) is 3.37. The van der Waals surface area contributed by atoms with E-state index in [9.17, 15) is 22.0 Å². The van der Waals surface area contributed by atoms with E-state index in [1.165, 1.54) is 19.2 Å². The number of rotatable bonds is 5. The van der Waals surface area contributed by atoms with Crippen LogP contribution in [0.5, 0.6) is 0 Å². The fraction of sp³-hybridized carbons (Fsp3) is 0.235. The van der Waals surface area contributed by atoms with E-state index in [4.69, 9.17) is 0 Å². The predicted octanol–water partition coefficient (Wildman–Crippen LogP) is 4.01. The fourth-order valence-corrected chi connectivity index (χ4v) is 3.82. The third-order valence-electron chi connectivity index (χ3n) is 3.76. The molecular weight excluding hydrogens is 430 g/mol. The number of anilines is 1. The highest BCUT2D eigenvalue weighted by atomic mass is 79.9. The van der Waals surface area contributed by atoms with Gasteiger partial charge in [-0.3, -0.25) is 4.79 Å². The summed E-state index contributed by atoms with van der Waals surface area (Å²) < 4.78 is 54.5. The van der Waals surface area contributed by atoms with Crippen LogP contribution in [0.2, 0.25) is 0 Å². The standard InChI is InChI=1S/C17H17BrF2N2O3S/c1-10(2)22(3)26(24,25)12-5-7-14(19)13(9-12)17(23)21-16-8-11(18)4-6-15(16)20/h4-10H,1-3H3,(H,21,23). The Hall–Kier alpha value is -1.84. The summed E-state index contributed by atoms with van der Waals surface area (Å²) in [6.07, 6.45) is 0.